The van der Waals surface area contributed by atoms with Crippen molar-refractivity contribution in [3.63, 3.8) is 0 Å². The van der Waals surface area contributed by atoms with Gasteiger partial charge >= 0.3 is 0 Å². The second kappa shape index (κ2) is 6.55. The quantitative estimate of drug-likeness (QED) is 0.827. The summed E-state index contributed by atoms with van der Waals surface area (Å²) in [5.74, 6) is -2.15. The van der Waals surface area contributed by atoms with Crippen LogP contribution in [0.5, 0.6) is 0 Å². The molecule has 0 aromatic heterocycles. The summed E-state index contributed by atoms with van der Waals surface area (Å²) in [4.78, 5) is -0.672. The van der Waals surface area contributed by atoms with E-state index in [9.17, 15) is 25.6 Å². The van der Waals surface area contributed by atoms with E-state index in [2.05, 4.69) is 4.72 Å². The average Bonchev–Trinajstić information content (AvgIpc) is 2.49. The Balaban J connectivity index is 2.32. The van der Waals surface area contributed by atoms with Crippen LogP contribution in [0.3, 0.4) is 0 Å². The Bertz CT molecular complexity index is 976. The van der Waals surface area contributed by atoms with Crippen LogP contribution in [0, 0.1) is 11.6 Å². The highest BCUT2D eigenvalue weighted by Gasteiger charge is 2.21. The van der Waals surface area contributed by atoms with Gasteiger partial charge in [0.05, 0.1) is 9.79 Å². The van der Waals surface area contributed by atoms with Crippen molar-refractivity contribution in [1.29, 1.82) is 0 Å². The first-order valence-electron chi connectivity index (χ1n) is 6.61. The third-order valence-corrected chi connectivity index (χ3v) is 5.67. The molecule has 0 heterocycles. The molecule has 3 N–H and O–H groups in total. The van der Waals surface area contributed by atoms with Crippen LogP contribution < -0.4 is 9.86 Å². The zero-order valence-electron chi connectivity index (χ0n) is 12.4. The number of hydrogen-bond donors (Lipinski definition) is 2. The molecule has 2 aromatic carbocycles. The maximum atomic E-state index is 13.2. The molecule has 2 aromatic rings. The van der Waals surface area contributed by atoms with Gasteiger partial charge in [-0.05, 0) is 42.8 Å². The maximum absolute atomic E-state index is 13.2. The van der Waals surface area contributed by atoms with Gasteiger partial charge in [-0.15, -0.1) is 0 Å². The van der Waals surface area contributed by atoms with Gasteiger partial charge in [0.2, 0.25) is 20.0 Å². The Hall–Kier alpha value is -1.88. The Labute approximate surface area is 138 Å². The lowest BCUT2D eigenvalue weighted by atomic mass is 10.1. The summed E-state index contributed by atoms with van der Waals surface area (Å²) in [6, 6.07) is 6.63. The zero-order chi connectivity index (χ0) is 18.1. The van der Waals surface area contributed by atoms with E-state index in [4.69, 9.17) is 5.14 Å². The van der Waals surface area contributed by atoms with Crippen LogP contribution in [0.15, 0.2) is 52.3 Å². The highest BCUT2D eigenvalue weighted by Crippen LogP contribution is 2.20. The zero-order valence-corrected chi connectivity index (χ0v) is 14.0. The minimum atomic E-state index is -4.10. The molecule has 1 atom stereocenters. The first kappa shape index (κ1) is 18.5. The molecule has 10 heteroatoms. The fourth-order valence-corrected chi connectivity index (χ4v) is 3.88. The number of benzene rings is 2. The lowest BCUT2D eigenvalue weighted by Gasteiger charge is -2.15. The average molecular weight is 376 g/mol. The first-order valence-corrected chi connectivity index (χ1v) is 9.64. The van der Waals surface area contributed by atoms with Crippen molar-refractivity contribution in [1.82, 2.24) is 4.72 Å². The summed E-state index contributed by atoms with van der Waals surface area (Å²) in [6.45, 7) is 1.44. The number of sulfonamides is 2. The van der Waals surface area contributed by atoms with E-state index in [-0.39, 0.29) is 15.4 Å². The number of halogens is 2. The van der Waals surface area contributed by atoms with E-state index >= 15 is 0 Å². The molecular weight excluding hydrogens is 362 g/mol. The Kier molecular flexibility index (Phi) is 5.04. The molecule has 130 valence electrons. The van der Waals surface area contributed by atoms with Gasteiger partial charge in [-0.1, -0.05) is 12.1 Å². The van der Waals surface area contributed by atoms with Crippen molar-refractivity contribution in [2.75, 3.05) is 0 Å². The summed E-state index contributed by atoms with van der Waals surface area (Å²) in [5.41, 5.74) is 0.208. The van der Waals surface area contributed by atoms with E-state index in [1.54, 1.807) is 0 Å². The van der Waals surface area contributed by atoms with Crippen molar-refractivity contribution in [2.24, 2.45) is 5.14 Å². The van der Waals surface area contributed by atoms with Gasteiger partial charge in [0.25, 0.3) is 0 Å². The standard InChI is InChI=1S/C14H14F2N2O4S2/c1-9(10-5-6-13(15)14(16)7-10)18-24(21,22)12-4-2-3-11(8-12)23(17,19)20/h2-9,18H,1H3,(H2,17,19,20). The third kappa shape index (κ3) is 4.15. The van der Waals surface area contributed by atoms with Crippen LogP contribution in [0.25, 0.3) is 0 Å². The highest BCUT2D eigenvalue weighted by molar-refractivity contribution is 7.90. The predicted molar refractivity (Wildman–Crippen MR) is 82.9 cm³/mol. The van der Waals surface area contributed by atoms with Crippen molar-refractivity contribution in [3.05, 3.63) is 59.7 Å². The third-order valence-electron chi connectivity index (χ3n) is 3.22. The molecule has 0 aliphatic heterocycles. The van der Waals surface area contributed by atoms with E-state index in [1.165, 1.54) is 25.1 Å². The van der Waals surface area contributed by atoms with E-state index < -0.39 is 37.7 Å². The Morgan fingerprint density at radius 2 is 1.58 bits per heavy atom. The van der Waals surface area contributed by atoms with E-state index in [0.717, 1.165) is 24.3 Å². The monoisotopic (exact) mass is 376 g/mol. The van der Waals surface area contributed by atoms with E-state index in [1.807, 2.05) is 0 Å². The van der Waals surface area contributed by atoms with Crippen LogP contribution >= 0.6 is 0 Å². The number of rotatable bonds is 5. The SMILES string of the molecule is CC(NS(=O)(=O)c1cccc(S(N)(=O)=O)c1)c1ccc(F)c(F)c1. The summed E-state index contributed by atoms with van der Waals surface area (Å²) < 4.78 is 75.7. The van der Waals surface area contributed by atoms with Crippen molar-refractivity contribution in [3.8, 4) is 0 Å². The summed E-state index contributed by atoms with van der Waals surface area (Å²) in [7, 11) is -8.16. The fraction of sp³-hybridized carbons (Fsp3) is 0.143. The molecule has 0 fully saturated rings. The predicted octanol–water partition coefficient (Wildman–Crippen LogP) is 1.65. The van der Waals surface area contributed by atoms with Crippen LogP contribution in [0.2, 0.25) is 0 Å². The van der Waals surface area contributed by atoms with Crippen LogP contribution in [0.4, 0.5) is 8.78 Å². The van der Waals surface area contributed by atoms with Gasteiger partial charge in [0.15, 0.2) is 11.6 Å². The second-order valence-corrected chi connectivity index (χ2v) is 8.31. The van der Waals surface area contributed by atoms with Gasteiger partial charge in [-0.2, -0.15) is 0 Å². The number of hydrogen-bond acceptors (Lipinski definition) is 4. The molecule has 0 radical (unpaired) electrons. The molecule has 24 heavy (non-hydrogen) atoms. The summed E-state index contributed by atoms with van der Waals surface area (Å²) in [6.07, 6.45) is 0. The van der Waals surface area contributed by atoms with Crippen LogP contribution in [-0.4, -0.2) is 16.8 Å². The molecule has 0 bridgehead atoms. The summed E-state index contributed by atoms with van der Waals surface area (Å²) >= 11 is 0. The van der Waals surface area contributed by atoms with E-state index in [0.29, 0.717) is 0 Å². The molecular formula is C14H14F2N2O4S2. The minimum absolute atomic E-state index is 0.208. The lowest BCUT2D eigenvalue weighted by molar-refractivity contribution is 0.504. The summed E-state index contributed by atoms with van der Waals surface area (Å²) in [5, 5.41) is 4.97. The van der Waals surface area contributed by atoms with Gasteiger partial charge in [0, 0.05) is 6.04 Å². The molecule has 6 nitrogen and oxygen atoms in total. The molecule has 0 aliphatic carbocycles. The first-order chi connectivity index (χ1) is 11.0. The largest absolute Gasteiger partial charge is 0.241 e. The van der Waals surface area contributed by atoms with Gasteiger partial charge in [-0.25, -0.2) is 35.5 Å². The second-order valence-electron chi connectivity index (χ2n) is 5.04. The molecule has 0 aliphatic rings. The molecule has 0 saturated heterocycles. The molecule has 1 unspecified atom stereocenters. The molecule has 0 spiro atoms. The number of primary sulfonamides is 1. The Morgan fingerprint density at radius 1 is 0.958 bits per heavy atom. The van der Waals surface area contributed by atoms with Crippen molar-refractivity contribution >= 4 is 20.0 Å². The minimum Gasteiger partial charge on any atom is -0.225 e. The Morgan fingerprint density at radius 3 is 2.17 bits per heavy atom. The van der Waals surface area contributed by atoms with Crippen molar-refractivity contribution in [2.45, 2.75) is 22.8 Å². The molecule has 0 saturated carbocycles. The molecule has 2 rings (SSSR count). The lowest BCUT2D eigenvalue weighted by Crippen LogP contribution is -2.27. The number of nitrogens with one attached hydrogen (secondary N) is 1. The van der Waals surface area contributed by atoms with Crippen LogP contribution in [-0.2, 0) is 20.0 Å². The smallest absolute Gasteiger partial charge is 0.225 e. The normalized spacial score (nSPS) is 13.7. The van der Waals surface area contributed by atoms with Crippen molar-refractivity contribution < 1.29 is 25.6 Å². The van der Waals surface area contributed by atoms with Gasteiger partial charge in [-0.3, -0.25) is 0 Å². The fourth-order valence-electron chi connectivity index (χ4n) is 1.97. The topological polar surface area (TPSA) is 106 Å². The van der Waals surface area contributed by atoms with Gasteiger partial charge < -0.3 is 0 Å². The van der Waals surface area contributed by atoms with Crippen LogP contribution in [0.1, 0.15) is 18.5 Å². The van der Waals surface area contributed by atoms with Gasteiger partial charge in [0.1, 0.15) is 0 Å². The number of nitrogens with two attached hydrogens (primary N) is 1. The maximum Gasteiger partial charge on any atom is 0.241 e. The highest BCUT2D eigenvalue weighted by atomic mass is 32.2. The molecule has 0 amide bonds.